The molecule has 2 aromatic heterocycles. The Morgan fingerprint density at radius 3 is 2.47 bits per heavy atom. The van der Waals surface area contributed by atoms with Crippen molar-refractivity contribution in [2.45, 2.75) is 26.3 Å². The third kappa shape index (κ3) is 3.15. The Balaban J connectivity index is 2.42. The highest BCUT2D eigenvalue weighted by atomic mass is 19.1. The van der Waals surface area contributed by atoms with Crippen molar-refractivity contribution in [1.29, 1.82) is 0 Å². The van der Waals surface area contributed by atoms with Crippen LogP contribution in [0.1, 0.15) is 36.1 Å². The first kappa shape index (κ1) is 13.6. The van der Waals surface area contributed by atoms with Gasteiger partial charge in [-0.1, -0.05) is 6.92 Å². The number of pyridine rings is 2. The van der Waals surface area contributed by atoms with Crippen molar-refractivity contribution in [3.8, 4) is 0 Å². The highest BCUT2D eigenvalue weighted by molar-refractivity contribution is 5.34. The fraction of sp³-hybridized carbons (Fsp3) is 0.333. The third-order valence-electron chi connectivity index (χ3n) is 3.09. The van der Waals surface area contributed by atoms with Gasteiger partial charge in [-0.15, -0.1) is 0 Å². The molecule has 1 unspecified atom stereocenters. The van der Waals surface area contributed by atoms with Gasteiger partial charge in [0.2, 0.25) is 0 Å². The maximum absolute atomic E-state index is 14.0. The predicted molar refractivity (Wildman–Crippen MR) is 73.3 cm³/mol. The zero-order chi connectivity index (χ0) is 13.7. The van der Waals surface area contributed by atoms with Crippen LogP contribution in [-0.2, 0) is 0 Å². The van der Waals surface area contributed by atoms with Gasteiger partial charge < -0.3 is 5.32 Å². The maximum atomic E-state index is 14.0. The Morgan fingerprint density at radius 1 is 1.16 bits per heavy atom. The molecule has 0 aliphatic heterocycles. The van der Waals surface area contributed by atoms with Gasteiger partial charge in [-0.25, -0.2) is 4.39 Å². The van der Waals surface area contributed by atoms with E-state index in [1.54, 1.807) is 24.7 Å². The summed E-state index contributed by atoms with van der Waals surface area (Å²) in [6.45, 7) is 4.91. The Labute approximate surface area is 112 Å². The van der Waals surface area contributed by atoms with Crippen molar-refractivity contribution in [3.05, 3.63) is 59.4 Å². The topological polar surface area (TPSA) is 37.8 Å². The number of aryl methyl sites for hydroxylation is 1. The molecule has 0 fully saturated rings. The van der Waals surface area contributed by atoms with E-state index in [-0.39, 0.29) is 11.9 Å². The van der Waals surface area contributed by atoms with Gasteiger partial charge in [0.1, 0.15) is 5.82 Å². The number of halogens is 1. The van der Waals surface area contributed by atoms with E-state index >= 15 is 0 Å². The van der Waals surface area contributed by atoms with E-state index in [0.29, 0.717) is 5.56 Å². The van der Waals surface area contributed by atoms with Gasteiger partial charge in [-0.05, 0) is 43.1 Å². The summed E-state index contributed by atoms with van der Waals surface area (Å²) in [7, 11) is 0. The van der Waals surface area contributed by atoms with Crippen LogP contribution in [0.15, 0.2) is 36.9 Å². The van der Waals surface area contributed by atoms with Crippen LogP contribution in [0.25, 0.3) is 0 Å². The van der Waals surface area contributed by atoms with E-state index in [1.807, 2.05) is 13.0 Å². The lowest BCUT2D eigenvalue weighted by Gasteiger charge is -2.21. The van der Waals surface area contributed by atoms with E-state index in [4.69, 9.17) is 0 Å². The highest BCUT2D eigenvalue weighted by Gasteiger charge is 2.18. The molecule has 100 valence electrons. The molecule has 0 amide bonds. The minimum absolute atomic E-state index is 0.161. The molecule has 0 radical (unpaired) electrons. The lowest BCUT2D eigenvalue weighted by molar-refractivity contribution is 0.541. The fourth-order valence-electron chi connectivity index (χ4n) is 2.10. The normalized spacial score (nSPS) is 12.4. The van der Waals surface area contributed by atoms with Crippen LogP contribution in [-0.4, -0.2) is 16.5 Å². The summed E-state index contributed by atoms with van der Waals surface area (Å²) in [6, 6.07) is 3.50. The first-order valence-corrected chi connectivity index (χ1v) is 6.47. The van der Waals surface area contributed by atoms with Crippen LogP contribution in [0, 0.1) is 12.7 Å². The first-order valence-electron chi connectivity index (χ1n) is 6.47. The van der Waals surface area contributed by atoms with Crippen LogP contribution in [0.5, 0.6) is 0 Å². The second-order valence-electron chi connectivity index (χ2n) is 4.52. The molecular formula is C15H18FN3. The quantitative estimate of drug-likeness (QED) is 0.897. The third-order valence-corrected chi connectivity index (χ3v) is 3.09. The second kappa shape index (κ2) is 6.38. The van der Waals surface area contributed by atoms with Crippen molar-refractivity contribution in [1.82, 2.24) is 15.3 Å². The average Bonchev–Trinajstić information content (AvgIpc) is 2.42. The number of aromatic nitrogens is 2. The Kier molecular flexibility index (Phi) is 4.58. The van der Waals surface area contributed by atoms with Crippen molar-refractivity contribution in [3.63, 3.8) is 0 Å². The molecule has 2 aromatic rings. The van der Waals surface area contributed by atoms with Crippen LogP contribution in [0.2, 0.25) is 0 Å². The largest absolute Gasteiger partial charge is 0.306 e. The lowest BCUT2D eigenvalue weighted by Crippen LogP contribution is -2.25. The highest BCUT2D eigenvalue weighted by Crippen LogP contribution is 2.25. The summed E-state index contributed by atoms with van der Waals surface area (Å²) in [5, 5.41) is 3.39. The number of hydrogen-bond acceptors (Lipinski definition) is 3. The number of rotatable bonds is 5. The molecule has 1 atom stereocenters. The van der Waals surface area contributed by atoms with E-state index in [2.05, 4.69) is 22.2 Å². The van der Waals surface area contributed by atoms with E-state index in [1.165, 1.54) is 6.20 Å². The van der Waals surface area contributed by atoms with Gasteiger partial charge >= 0.3 is 0 Å². The molecule has 0 aliphatic carbocycles. The Bertz CT molecular complexity index is 497. The number of hydrogen-bond donors (Lipinski definition) is 1. The first-order chi connectivity index (χ1) is 9.24. The maximum Gasteiger partial charge on any atom is 0.146 e. The summed E-state index contributed by atoms with van der Waals surface area (Å²) < 4.78 is 14.0. The average molecular weight is 259 g/mol. The molecule has 0 aromatic carbocycles. The van der Waals surface area contributed by atoms with Crippen molar-refractivity contribution in [2.75, 3.05) is 6.54 Å². The Morgan fingerprint density at radius 2 is 1.84 bits per heavy atom. The SMILES string of the molecule is CCCNC(c1ccncc1C)c1ccncc1F. The molecule has 2 heterocycles. The summed E-state index contributed by atoms with van der Waals surface area (Å²) in [5.41, 5.74) is 2.72. The zero-order valence-corrected chi connectivity index (χ0v) is 11.2. The molecule has 4 heteroatoms. The monoisotopic (exact) mass is 259 g/mol. The zero-order valence-electron chi connectivity index (χ0n) is 11.2. The Hall–Kier alpha value is -1.81. The van der Waals surface area contributed by atoms with Gasteiger partial charge in [0.15, 0.2) is 0 Å². The molecule has 3 nitrogen and oxygen atoms in total. The van der Waals surface area contributed by atoms with Gasteiger partial charge in [-0.2, -0.15) is 0 Å². The molecule has 0 bridgehead atoms. The molecule has 2 rings (SSSR count). The minimum Gasteiger partial charge on any atom is -0.306 e. The number of nitrogens with one attached hydrogen (secondary N) is 1. The summed E-state index contributed by atoms with van der Waals surface area (Å²) in [4.78, 5) is 7.90. The van der Waals surface area contributed by atoms with Crippen molar-refractivity contribution in [2.24, 2.45) is 0 Å². The van der Waals surface area contributed by atoms with Crippen LogP contribution >= 0.6 is 0 Å². The second-order valence-corrected chi connectivity index (χ2v) is 4.52. The molecule has 0 saturated heterocycles. The van der Waals surface area contributed by atoms with Gasteiger partial charge in [0, 0.05) is 24.2 Å². The van der Waals surface area contributed by atoms with Crippen LogP contribution < -0.4 is 5.32 Å². The number of nitrogens with zero attached hydrogens (tertiary/aromatic N) is 2. The molecule has 0 aliphatic rings. The minimum atomic E-state index is -0.285. The van der Waals surface area contributed by atoms with E-state index < -0.39 is 0 Å². The van der Waals surface area contributed by atoms with E-state index in [0.717, 1.165) is 24.1 Å². The summed E-state index contributed by atoms with van der Waals surface area (Å²) >= 11 is 0. The predicted octanol–water partition coefficient (Wildman–Crippen LogP) is 3.01. The van der Waals surface area contributed by atoms with Crippen LogP contribution in [0.3, 0.4) is 0 Å². The van der Waals surface area contributed by atoms with Crippen molar-refractivity contribution < 1.29 is 4.39 Å². The van der Waals surface area contributed by atoms with Crippen molar-refractivity contribution >= 4 is 0 Å². The van der Waals surface area contributed by atoms with E-state index in [9.17, 15) is 4.39 Å². The molecular weight excluding hydrogens is 241 g/mol. The standard InChI is InChI=1S/C15H18FN3/c1-3-6-19-15(12-4-7-17-9-11(12)2)13-5-8-18-10-14(13)16/h4-5,7-10,15,19H,3,6H2,1-2H3. The van der Waals surface area contributed by atoms with Gasteiger partial charge in [-0.3, -0.25) is 9.97 Å². The fourth-order valence-corrected chi connectivity index (χ4v) is 2.10. The lowest BCUT2D eigenvalue weighted by atomic mass is 9.96. The van der Waals surface area contributed by atoms with Crippen LogP contribution in [0.4, 0.5) is 4.39 Å². The molecule has 19 heavy (non-hydrogen) atoms. The molecule has 0 spiro atoms. The summed E-state index contributed by atoms with van der Waals surface area (Å²) in [6.07, 6.45) is 7.41. The smallest absolute Gasteiger partial charge is 0.146 e. The van der Waals surface area contributed by atoms with Gasteiger partial charge in [0.05, 0.1) is 12.2 Å². The van der Waals surface area contributed by atoms with Gasteiger partial charge in [0.25, 0.3) is 0 Å². The molecule has 1 N–H and O–H groups in total. The molecule has 0 saturated carbocycles. The summed E-state index contributed by atoms with van der Waals surface area (Å²) in [5.74, 6) is -0.285.